The summed E-state index contributed by atoms with van der Waals surface area (Å²) in [5.41, 5.74) is 5.72. The van der Waals surface area contributed by atoms with Crippen molar-refractivity contribution >= 4 is 38.1 Å². The van der Waals surface area contributed by atoms with Crippen molar-refractivity contribution < 1.29 is 17.9 Å². The van der Waals surface area contributed by atoms with Crippen LogP contribution in [-0.4, -0.2) is 31.4 Å². The second kappa shape index (κ2) is 7.10. The first-order valence-corrected chi connectivity index (χ1v) is 9.60. The number of nitrogens with zero attached hydrogens (tertiary/aromatic N) is 3. The van der Waals surface area contributed by atoms with Crippen molar-refractivity contribution in [3.63, 3.8) is 0 Å². The summed E-state index contributed by atoms with van der Waals surface area (Å²) in [6, 6.07) is 8.51. The summed E-state index contributed by atoms with van der Waals surface area (Å²) < 4.78 is 32.5. The number of sulfonamides is 1. The maximum Gasteiger partial charge on any atom is 0.270 e. The molecule has 0 unspecified atom stereocenters. The fourth-order valence-corrected chi connectivity index (χ4v) is 4.50. The number of anilines is 2. The van der Waals surface area contributed by atoms with Crippen LogP contribution in [-0.2, 0) is 10.0 Å². The second-order valence-electron chi connectivity index (χ2n) is 5.03. The summed E-state index contributed by atoms with van der Waals surface area (Å²) in [5.74, 6) is -0.277. The SMILES string of the molecule is COc1ccc(N(c2nccs2)S(=O)(=O)c2ccc(C(N)=O)cc2)cn1. The highest BCUT2D eigenvalue weighted by Crippen LogP contribution is 2.33. The van der Waals surface area contributed by atoms with Crippen molar-refractivity contribution in [2.45, 2.75) is 4.90 Å². The van der Waals surface area contributed by atoms with Crippen molar-refractivity contribution in [2.75, 3.05) is 11.4 Å². The lowest BCUT2D eigenvalue weighted by molar-refractivity contribution is 0.1000. The van der Waals surface area contributed by atoms with Crippen molar-refractivity contribution in [3.05, 3.63) is 59.7 Å². The predicted molar refractivity (Wildman–Crippen MR) is 97.2 cm³/mol. The number of rotatable bonds is 6. The molecule has 0 aliphatic rings. The van der Waals surface area contributed by atoms with Crippen LogP contribution in [0.5, 0.6) is 5.88 Å². The Labute approximate surface area is 153 Å². The normalized spacial score (nSPS) is 11.1. The fourth-order valence-electron chi connectivity index (χ4n) is 2.18. The smallest absolute Gasteiger partial charge is 0.270 e. The van der Waals surface area contributed by atoms with Gasteiger partial charge in [0, 0.05) is 23.2 Å². The van der Waals surface area contributed by atoms with E-state index in [9.17, 15) is 13.2 Å². The first-order valence-electron chi connectivity index (χ1n) is 7.28. The Balaban J connectivity index is 2.09. The minimum atomic E-state index is -3.99. The number of carbonyl (C=O) groups excluding carboxylic acids is 1. The topological polar surface area (TPSA) is 115 Å². The molecule has 0 saturated carbocycles. The second-order valence-corrected chi connectivity index (χ2v) is 7.69. The third-order valence-corrected chi connectivity index (χ3v) is 6.04. The van der Waals surface area contributed by atoms with E-state index in [1.165, 1.54) is 55.1 Å². The van der Waals surface area contributed by atoms with Gasteiger partial charge in [-0.3, -0.25) is 4.79 Å². The van der Waals surface area contributed by atoms with Crippen LogP contribution >= 0.6 is 11.3 Å². The summed E-state index contributed by atoms with van der Waals surface area (Å²) in [6.07, 6.45) is 2.89. The number of methoxy groups -OCH3 is 1. The van der Waals surface area contributed by atoms with Gasteiger partial charge < -0.3 is 10.5 Å². The van der Waals surface area contributed by atoms with Gasteiger partial charge in [0.2, 0.25) is 16.9 Å². The zero-order chi connectivity index (χ0) is 18.7. The molecule has 2 heterocycles. The molecule has 26 heavy (non-hydrogen) atoms. The summed E-state index contributed by atoms with van der Waals surface area (Å²) >= 11 is 1.17. The largest absolute Gasteiger partial charge is 0.481 e. The quantitative estimate of drug-likeness (QED) is 0.690. The monoisotopic (exact) mass is 390 g/mol. The van der Waals surface area contributed by atoms with Crippen LogP contribution in [0.2, 0.25) is 0 Å². The average molecular weight is 390 g/mol. The lowest BCUT2D eigenvalue weighted by Gasteiger charge is -2.21. The summed E-state index contributed by atoms with van der Waals surface area (Å²) in [4.78, 5) is 19.4. The Morgan fingerprint density at radius 2 is 1.88 bits per heavy atom. The van der Waals surface area contributed by atoms with Crippen LogP contribution < -0.4 is 14.8 Å². The van der Waals surface area contributed by atoms with Crippen LogP contribution in [0.3, 0.4) is 0 Å². The Morgan fingerprint density at radius 3 is 2.38 bits per heavy atom. The van der Waals surface area contributed by atoms with Gasteiger partial charge in [0.05, 0.1) is 23.9 Å². The molecule has 0 atom stereocenters. The highest BCUT2D eigenvalue weighted by molar-refractivity contribution is 7.93. The Kier molecular flexibility index (Phi) is 4.87. The lowest BCUT2D eigenvalue weighted by atomic mass is 10.2. The molecule has 0 aliphatic carbocycles. The molecule has 3 aromatic rings. The number of aromatic nitrogens is 2. The van der Waals surface area contributed by atoms with E-state index in [0.717, 1.165) is 4.31 Å². The number of hydrogen-bond donors (Lipinski definition) is 1. The molecular weight excluding hydrogens is 376 g/mol. The number of carbonyl (C=O) groups is 1. The van der Waals surface area contributed by atoms with Crippen molar-refractivity contribution in [2.24, 2.45) is 5.73 Å². The van der Waals surface area contributed by atoms with Crippen LogP contribution in [0.25, 0.3) is 0 Å². The van der Waals surface area contributed by atoms with Gasteiger partial charge in [-0.1, -0.05) is 0 Å². The molecule has 1 aromatic carbocycles. The molecule has 8 nitrogen and oxygen atoms in total. The van der Waals surface area contributed by atoms with E-state index in [4.69, 9.17) is 10.5 Å². The number of hydrogen-bond acceptors (Lipinski definition) is 7. The van der Waals surface area contributed by atoms with E-state index in [-0.39, 0.29) is 15.6 Å². The van der Waals surface area contributed by atoms with E-state index in [1.807, 2.05) is 0 Å². The number of ether oxygens (including phenoxy) is 1. The van der Waals surface area contributed by atoms with E-state index in [2.05, 4.69) is 9.97 Å². The molecule has 2 N–H and O–H groups in total. The number of amides is 1. The molecule has 0 spiro atoms. The number of primary amides is 1. The molecule has 1 amide bonds. The van der Waals surface area contributed by atoms with E-state index in [0.29, 0.717) is 11.6 Å². The lowest BCUT2D eigenvalue weighted by Crippen LogP contribution is -2.26. The van der Waals surface area contributed by atoms with Gasteiger partial charge in [0.1, 0.15) is 0 Å². The first-order chi connectivity index (χ1) is 12.4. The summed E-state index contributed by atoms with van der Waals surface area (Å²) in [5, 5.41) is 1.93. The number of pyridine rings is 1. The molecule has 10 heteroatoms. The third kappa shape index (κ3) is 3.37. The van der Waals surface area contributed by atoms with Crippen molar-refractivity contribution in [3.8, 4) is 5.88 Å². The maximum absolute atomic E-state index is 13.2. The molecule has 0 fully saturated rings. The molecule has 0 aliphatic heterocycles. The molecule has 0 bridgehead atoms. The fraction of sp³-hybridized carbons (Fsp3) is 0.0625. The van der Waals surface area contributed by atoms with Gasteiger partial charge in [0.15, 0.2) is 0 Å². The number of benzene rings is 1. The third-order valence-electron chi connectivity index (χ3n) is 3.43. The van der Waals surface area contributed by atoms with Gasteiger partial charge in [-0.2, -0.15) is 0 Å². The van der Waals surface area contributed by atoms with Crippen molar-refractivity contribution in [1.82, 2.24) is 9.97 Å². The average Bonchev–Trinajstić information content (AvgIpc) is 3.16. The van der Waals surface area contributed by atoms with Gasteiger partial charge in [-0.15, -0.1) is 11.3 Å². The molecule has 134 valence electrons. The summed E-state index contributed by atoms with van der Waals surface area (Å²) in [6.45, 7) is 0. The van der Waals surface area contributed by atoms with E-state index >= 15 is 0 Å². The van der Waals surface area contributed by atoms with Crippen LogP contribution in [0.15, 0.2) is 59.1 Å². The molecule has 0 saturated heterocycles. The minimum absolute atomic E-state index is 0.00600. The van der Waals surface area contributed by atoms with Crippen LogP contribution in [0.4, 0.5) is 10.8 Å². The van der Waals surface area contributed by atoms with Crippen LogP contribution in [0.1, 0.15) is 10.4 Å². The van der Waals surface area contributed by atoms with E-state index in [1.54, 1.807) is 17.5 Å². The molecule has 2 aromatic heterocycles. The molecular formula is C16H14N4O4S2. The van der Waals surface area contributed by atoms with E-state index < -0.39 is 15.9 Å². The van der Waals surface area contributed by atoms with Gasteiger partial charge in [-0.05, 0) is 30.3 Å². The number of nitrogens with two attached hydrogens (primary N) is 1. The van der Waals surface area contributed by atoms with Gasteiger partial charge in [-0.25, -0.2) is 22.7 Å². The standard InChI is InChI=1S/C16H14N4O4S2/c1-24-14-7-4-12(10-19-14)20(16-18-8-9-25-16)26(22,23)13-5-2-11(3-6-13)15(17)21/h2-10H,1H3,(H2,17,21). The molecule has 0 radical (unpaired) electrons. The summed E-state index contributed by atoms with van der Waals surface area (Å²) in [7, 11) is -2.52. The zero-order valence-electron chi connectivity index (χ0n) is 13.6. The maximum atomic E-state index is 13.2. The van der Waals surface area contributed by atoms with Crippen LogP contribution in [0, 0.1) is 0 Å². The van der Waals surface area contributed by atoms with Gasteiger partial charge >= 0.3 is 0 Å². The highest BCUT2D eigenvalue weighted by atomic mass is 32.2. The Morgan fingerprint density at radius 1 is 1.15 bits per heavy atom. The minimum Gasteiger partial charge on any atom is -0.481 e. The first kappa shape index (κ1) is 17.8. The Hall–Kier alpha value is -2.98. The highest BCUT2D eigenvalue weighted by Gasteiger charge is 2.29. The number of thiazole rings is 1. The predicted octanol–water partition coefficient (Wildman–Crippen LogP) is 2.17. The zero-order valence-corrected chi connectivity index (χ0v) is 15.2. The molecule has 3 rings (SSSR count). The van der Waals surface area contributed by atoms with Crippen molar-refractivity contribution in [1.29, 1.82) is 0 Å². The van der Waals surface area contributed by atoms with Gasteiger partial charge in [0.25, 0.3) is 10.0 Å². The Bertz CT molecular complexity index is 1000.